The number of anilines is 1. The number of nitrogens with one attached hydrogen (secondary N) is 1. The number of methoxy groups -OCH3 is 3. The molecule has 8 nitrogen and oxygen atoms in total. The lowest BCUT2D eigenvalue weighted by Gasteiger charge is -2.19. The Labute approximate surface area is 194 Å². The van der Waals surface area contributed by atoms with Crippen molar-refractivity contribution in [3.05, 3.63) is 47.5 Å². The number of ether oxygens (including phenoxy) is 4. The molecule has 1 fully saturated rings. The van der Waals surface area contributed by atoms with Gasteiger partial charge in [-0.3, -0.25) is 9.59 Å². The summed E-state index contributed by atoms with van der Waals surface area (Å²) in [5, 5.41) is 2.81. The Bertz CT molecular complexity index is 1030. The van der Waals surface area contributed by atoms with E-state index in [4.69, 9.17) is 18.9 Å². The molecule has 1 heterocycles. The second kappa shape index (κ2) is 11.3. The maximum Gasteiger partial charge on any atom is 0.256 e. The molecule has 0 aromatic heterocycles. The van der Waals surface area contributed by atoms with E-state index < -0.39 is 0 Å². The van der Waals surface area contributed by atoms with E-state index in [1.807, 2.05) is 13.0 Å². The highest BCUT2D eigenvalue weighted by Gasteiger charge is 2.24. The average Bonchev–Trinajstić information content (AvgIpc) is 3.37. The average molecular weight is 455 g/mol. The van der Waals surface area contributed by atoms with Gasteiger partial charge in [-0.25, -0.2) is 0 Å². The molecule has 2 amide bonds. The topological polar surface area (TPSA) is 86.3 Å². The third-order valence-corrected chi connectivity index (χ3v) is 5.32. The predicted octanol–water partition coefficient (Wildman–Crippen LogP) is 4.00. The molecule has 33 heavy (non-hydrogen) atoms. The van der Waals surface area contributed by atoms with Crippen LogP contribution in [-0.4, -0.2) is 57.7 Å². The summed E-state index contributed by atoms with van der Waals surface area (Å²) in [5.41, 5.74) is 1.50. The highest BCUT2D eigenvalue weighted by molar-refractivity contribution is 6.08. The summed E-state index contributed by atoms with van der Waals surface area (Å²) in [5.74, 6) is 1.53. The fourth-order valence-electron chi connectivity index (χ4n) is 3.66. The minimum Gasteiger partial charge on any atom is -0.493 e. The molecule has 176 valence electrons. The molecule has 0 atom stereocenters. The van der Waals surface area contributed by atoms with Gasteiger partial charge in [-0.1, -0.05) is 6.07 Å². The standard InChI is InChI=1S/C25H30N2O6/c1-5-33-23-14-17(8-10-20(23)30-2)9-11-24(28)26-19-16-22(32-4)21(31-3)15-18(19)25(29)27-12-6-7-13-27/h8-11,14-16H,5-7,12-13H2,1-4H3,(H,26,28)/b11-9+. The zero-order valence-corrected chi connectivity index (χ0v) is 19.5. The summed E-state index contributed by atoms with van der Waals surface area (Å²) in [4.78, 5) is 27.6. The van der Waals surface area contributed by atoms with Gasteiger partial charge in [0.15, 0.2) is 23.0 Å². The third kappa shape index (κ3) is 5.77. The molecular formula is C25H30N2O6. The monoisotopic (exact) mass is 454 g/mol. The van der Waals surface area contributed by atoms with E-state index in [1.165, 1.54) is 20.3 Å². The van der Waals surface area contributed by atoms with E-state index in [0.29, 0.717) is 53.9 Å². The molecular weight excluding hydrogens is 424 g/mol. The Balaban J connectivity index is 1.84. The van der Waals surface area contributed by atoms with Crippen LogP contribution in [-0.2, 0) is 4.79 Å². The lowest BCUT2D eigenvalue weighted by molar-refractivity contribution is -0.111. The predicted molar refractivity (Wildman–Crippen MR) is 127 cm³/mol. The van der Waals surface area contributed by atoms with Crippen LogP contribution in [0, 0.1) is 0 Å². The van der Waals surface area contributed by atoms with Crippen molar-refractivity contribution in [1.82, 2.24) is 4.90 Å². The molecule has 0 aliphatic carbocycles. The van der Waals surface area contributed by atoms with Gasteiger partial charge in [0, 0.05) is 25.2 Å². The quantitative estimate of drug-likeness (QED) is 0.577. The molecule has 2 aromatic carbocycles. The number of benzene rings is 2. The molecule has 0 bridgehead atoms. The van der Waals surface area contributed by atoms with E-state index in [2.05, 4.69) is 5.32 Å². The number of hydrogen-bond acceptors (Lipinski definition) is 6. The Hall–Kier alpha value is -3.68. The van der Waals surface area contributed by atoms with E-state index in [-0.39, 0.29) is 11.8 Å². The van der Waals surface area contributed by atoms with Crippen molar-refractivity contribution >= 4 is 23.6 Å². The molecule has 1 saturated heterocycles. The summed E-state index contributed by atoms with van der Waals surface area (Å²) in [6, 6.07) is 8.61. The van der Waals surface area contributed by atoms with Crippen LogP contribution in [0.5, 0.6) is 23.0 Å². The van der Waals surface area contributed by atoms with Gasteiger partial charge >= 0.3 is 0 Å². The van der Waals surface area contributed by atoms with Gasteiger partial charge in [-0.05, 0) is 49.6 Å². The van der Waals surface area contributed by atoms with Crippen molar-refractivity contribution in [3.8, 4) is 23.0 Å². The maximum atomic E-state index is 13.1. The third-order valence-electron chi connectivity index (χ3n) is 5.32. The number of carbonyl (C=O) groups excluding carboxylic acids is 2. The van der Waals surface area contributed by atoms with Crippen molar-refractivity contribution < 1.29 is 28.5 Å². The molecule has 1 aliphatic heterocycles. The molecule has 0 unspecified atom stereocenters. The minimum absolute atomic E-state index is 0.149. The van der Waals surface area contributed by atoms with Crippen LogP contribution in [0.25, 0.3) is 6.08 Å². The number of hydrogen-bond donors (Lipinski definition) is 1. The first-order chi connectivity index (χ1) is 16.0. The van der Waals surface area contributed by atoms with Crippen LogP contribution in [0.3, 0.4) is 0 Å². The largest absolute Gasteiger partial charge is 0.493 e. The Kier molecular flexibility index (Phi) is 8.18. The summed E-state index contributed by atoms with van der Waals surface area (Å²) >= 11 is 0. The molecule has 0 saturated carbocycles. The van der Waals surface area contributed by atoms with E-state index in [0.717, 1.165) is 18.4 Å². The van der Waals surface area contributed by atoms with E-state index in [9.17, 15) is 9.59 Å². The zero-order chi connectivity index (χ0) is 23.8. The van der Waals surface area contributed by atoms with Gasteiger partial charge < -0.3 is 29.2 Å². The van der Waals surface area contributed by atoms with Crippen LogP contribution in [0.1, 0.15) is 35.7 Å². The smallest absolute Gasteiger partial charge is 0.256 e. The summed E-state index contributed by atoms with van der Waals surface area (Å²) < 4.78 is 21.6. The van der Waals surface area contributed by atoms with Crippen molar-refractivity contribution in [2.24, 2.45) is 0 Å². The molecule has 8 heteroatoms. The fraction of sp³-hybridized carbons (Fsp3) is 0.360. The van der Waals surface area contributed by atoms with Gasteiger partial charge in [-0.2, -0.15) is 0 Å². The van der Waals surface area contributed by atoms with Crippen LogP contribution in [0.4, 0.5) is 5.69 Å². The lowest BCUT2D eigenvalue weighted by atomic mass is 10.1. The first-order valence-corrected chi connectivity index (χ1v) is 10.9. The van der Waals surface area contributed by atoms with E-state index >= 15 is 0 Å². The minimum atomic E-state index is -0.383. The van der Waals surface area contributed by atoms with Crippen LogP contribution < -0.4 is 24.3 Å². The summed E-state index contributed by atoms with van der Waals surface area (Å²) in [7, 11) is 4.59. The highest BCUT2D eigenvalue weighted by Crippen LogP contribution is 2.34. The molecule has 0 radical (unpaired) electrons. The second-order valence-electron chi connectivity index (χ2n) is 7.42. The SMILES string of the molecule is CCOc1cc(/C=C/C(=O)Nc2cc(OC)c(OC)cc2C(=O)N2CCCC2)ccc1OC. The van der Waals surface area contributed by atoms with Crippen molar-refractivity contribution in [2.75, 3.05) is 46.3 Å². The number of amides is 2. The normalized spacial score (nSPS) is 13.2. The Morgan fingerprint density at radius 2 is 1.61 bits per heavy atom. The number of carbonyl (C=O) groups is 2. The number of likely N-dealkylation sites (tertiary alicyclic amines) is 1. The summed E-state index contributed by atoms with van der Waals surface area (Å²) in [6.07, 6.45) is 5.00. The highest BCUT2D eigenvalue weighted by atomic mass is 16.5. The second-order valence-corrected chi connectivity index (χ2v) is 7.42. The van der Waals surface area contributed by atoms with Crippen LogP contribution in [0.2, 0.25) is 0 Å². The van der Waals surface area contributed by atoms with Crippen molar-refractivity contribution in [1.29, 1.82) is 0 Å². The molecule has 0 spiro atoms. The summed E-state index contributed by atoms with van der Waals surface area (Å²) in [6.45, 7) is 3.77. The van der Waals surface area contributed by atoms with Gasteiger partial charge in [0.2, 0.25) is 5.91 Å². The lowest BCUT2D eigenvalue weighted by Crippen LogP contribution is -2.28. The molecule has 1 aliphatic rings. The van der Waals surface area contributed by atoms with Crippen molar-refractivity contribution in [2.45, 2.75) is 19.8 Å². The van der Waals surface area contributed by atoms with Gasteiger partial charge in [-0.15, -0.1) is 0 Å². The molecule has 1 N–H and O–H groups in total. The Morgan fingerprint density at radius 3 is 2.24 bits per heavy atom. The van der Waals surface area contributed by atoms with Crippen molar-refractivity contribution in [3.63, 3.8) is 0 Å². The maximum absolute atomic E-state index is 13.1. The fourth-order valence-corrected chi connectivity index (χ4v) is 3.66. The first kappa shape index (κ1) is 24.0. The number of nitrogens with zero attached hydrogens (tertiary/aromatic N) is 1. The molecule has 3 rings (SSSR count). The first-order valence-electron chi connectivity index (χ1n) is 10.9. The van der Waals surface area contributed by atoms with Gasteiger partial charge in [0.25, 0.3) is 5.91 Å². The van der Waals surface area contributed by atoms with Gasteiger partial charge in [0.05, 0.1) is 39.2 Å². The number of rotatable bonds is 9. The van der Waals surface area contributed by atoms with Crippen LogP contribution >= 0.6 is 0 Å². The van der Waals surface area contributed by atoms with Gasteiger partial charge in [0.1, 0.15) is 0 Å². The Morgan fingerprint density at radius 1 is 0.939 bits per heavy atom. The van der Waals surface area contributed by atoms with Crippen LogP contribution in [0.15, 0.2) is 36.4 Å². The van der Waals surface area contributed by atoms with E-state index in [1.54, 1.807) is 42.4 Å². The zero-order valence-electron chi connectivity index (χ0n) is 19.5. The molecule has 2 aromatic rings.